The van der Waals surface area contributed by atoms with Gasteiger partial charge in [-0.3, -0.25) is 9.59 Å². The zero-order valence-electron chi connectivity index (χ0n) is 14.9. The maximum Gasteiger partial charge on any atom is 0.276 e. The highest BCUT2D eigenvalue weighted by Gasteiger charge is 2.25. The van der Waals surface area contributed by atoms with Crippen LogP contribution in [0.2, 0.25) is 0 Å². The summed E-state index contributed by atoms with van der Waals surface area (Å²) in [4.78, 5) is 24.6. The second-order valence-electron chi connectivity index (χ2n) is 6.10. The highest BCUT2D eigenvalue weighted by Crippen LogP contribution is 2.20. The first-order valence-electron chi connectivity index (χ1n) is 8.17. The van der Waals surface area contributed by atoms with Gasteiger partial charge in [-0.05, 0) is 24.5 Å². The highest BCUT2D eigenvalue weighted by molar-refractivity contribution is 5.98. The van der Waals surface area contributed by atoms with E-state index in [9.17, 15) is 9.59 Å². The number of rotatable bonds is 7. The molecule has 1 aromatic heterocycles. The second kappa shape index (κ2) is 8.32. The van der Waals surface area contributed by atoms with E-state index in [2.05, 4.69) is 15.7 Å². The topological polar surface area (TPSA) is 85.3 Å². The SMILES string of the molecule is CNC(=O)[C@@H](CC(C)C)NC(=O)c1nn(-c2ccccc2)cc1OC. The van der Waals surface area contributed by atoms with Crippen molar-refractivity contribution in [2.45, 2.75) is 26.3 Å². The van der Waals surface area contributed by atoms with Crippen molar-refractivity contribution in [2.75, 3.05) is 14.2 Å². The molecule has 0 bridgehead atoms. The average molecular weight is 344 g/mol. The Morgan fingerprint density at radius 2 is 1.92 bits per heavy atom. The first-order valence-corrected chi connectivity index (χ1v) is 8.17. The fraction of sp³-hybridized carbons (Fsp3) is 0.389. The molecule has 0 unspecified atom stereocenters. The number of hydrogen-bond donors (Lipinski definition) is 2. The molecule has 0 saturated carbocycles. The summed E-state index contributed by atoms with van der Waals surface area (Å²) in [5, 5.41) is 9.64. The van der Waals surface area contributed by atoms with Crippen molar-refractivity contribution in [3.63, 3.8) is 0 Å². The normalized spacial score (nSPS) is 11.9. The monoisotopic (exact) mass is 344 g/mol. The zero-order chi connectivity index (χ0) is 18.4. The third-order valence-corrected chi connectivity index (χ3v) is 3.71. The van der Waals surface area contributed by atoms with Crippen LogP contribution in [0.15, 0.2) is 36.5 Å². The molecule has 7 heteroatoms. The van der Waals surface area contributed by atoms with Crippen LogP contribution in [0.3, 0.4) is 0 Å². The highest BCUT2D eigenvalue weighted by atomic mass is 16.5. The van der Waals surface area contributed by atoms with Crippen molar-refractivity contribution in [2.24, 2.45) is 5.92 Å². The molecular weight excluding hydrogens is 320 g/mol. The molecule has 0 aliphatic rings. The van der Waals surface area contributed by atoms with Gasteiger partial charge in [-0.25, -0.2) is 4.68 Å². The number of benzene rings is 1. The summed E-state index contributed by atoms with van der Waals surface area (Å²) < 4.78 is 6.85. The molecule has 0 radical (unpaired) electrons. The number of likely N-dealkylation sites (N-methyl/N-ethyl adjacent to an activating group) is 1. The Hall–Kier alpha value is -2.83. The number of carbonyl (C=O) groups is 2. The molecule has 134 valence electrons. The molecule has 1 atom stereocenters. The Kier molecular flexibility index (Phi) is 6.16. The Labute approximate surface area is 147 Å². The van der Waals surface area contributed by atoms with E-state index in [1.807, 2.05) is 44.2 Å². The maximum atomic E-state index is 12.6. The molecule has 2 rings (SSSR count). The van der Waals surface area contributed by atoms with Gasteiger partial charge in [0.1, 0.15) is 6.04 Å². The molecule has 0 aliphatic heterocycles. The number of amides is 2. The molecular formula is C18H24N4O3. The van der Waals surface area contributed by atoms with Crippen LogP contribution >= 0.6 is 0 Å². The molecule has 0 aliphatic carbocycles. The lowest BCUT2D eigenvalue weighted by molar-refractivity contribution is -0.122. The number of nitrogens with zero attached hydrogens (tertiary/aromatic N) is 2. The fourth-order valence-corrected chi connectivity index (χ4v) is 2.48. The smallest absolute Gasteiger partial charge is 0.276 e. The number of aromatic nitrogens is 2. The second-order valence-corrected chi connectivity index (χ2v) is 6.10. The van der Waals surface area contributed by atoms with Gasteiger partial charge in [-0.2, -0.15) is 5.10 Å². The third-order valence-electron chi connectivity index (χ3n) is 3.71. The summed E-state index contributed by atoms with van der Waals surface area (Å²) in [6.07, 6.45) is 2.18. The lowest BCUT2D eigenvalue weighted by atomic mass is 10.0. The molecule has 2 N–H and O–H groups in total. The number of nitrogens with one attached hydrogen (secondary N) is 2. The van der Waals surface area contributed by atoms with E-state index in [-0.39, 0.29) is 17.5 Å². The maximum absolute atomic E-state index is 12.6. The van der Waals surface area contributed by atoms with Gasteiger partial charge < -0.3 is 15.4 Å². The zero-order valence-corrected chi connectivity index (χ0v) is 14.9. The van der Waals surface area contributed by atoms with Crippen LogP contribution in [0, 0.1) is 5.92 Å². The van der Waals surface area contributed by atoms with Crippen LogP contribution in [0.4, 0.5) is 0 Å². The molecule has 2 aromatic rings. The van der Waals surface area contributed by atoms with E-state index in [4.69, 9.17) is 4.74 Å². The molecule has 0 fully saturated rings. The van der Waals surface area contributed by atoms with E-state index >= 15 is 0 Å². The Morgan fingerprint density at radius 1 is 1.24 bits per heavy atom. The Bertz CT molecular complexity index is 725. The van der Waals surface area contributed by atoms with Crippen LogP contribution in [0.25, 0.3) is 5.69 Å². The molecule has 1 aromatic carbocycles. The minimum absolute atomic E-state index is 0.143. The Morgan fingerprint density at radius 3 is 2.48 bits per heavy atom. The average Bonchev–Trinajstić information content (AvgIpc) is 3.05. The van der Waals surface area contributed by atoms with Gasteiger partial charge in [-0.1, -0.05) is 32.0 Å². The first-order chi connectivity index (χ1) is 12.0. The largest absolute Gasteiger partial charge is 0.493 e. The van der Waals surface area contributed by atoms with Gasteiger partial charge in [0.15, 0.2) is 11.4 Å². The number of hydrogen-bond acceptors (Lipinski definition) is 4. The van der Waals surface area contributed by atoms with Crippen LogP contribution < -0.4 is 15.4 Å². The predicted octanol–water partition coefficient (Wildman–Crippen LogP) is 1.77. The fourth-order valence-electron chi connectivity index (χ4n) is 2.48. The van der Waals surface area contributed by atoms with Crippen LogP contribution in [0.5, 0.6) is 5.75 Å². The number of methoxy groups -OCH3 is 1. The Balaban J connectivity index is 2.25. The third kappa shape index (κ3) is 4.59. The van der Waals surface area contributed by atoms with Gasteiger partial charge in [0.05, 0.1) is 19.0 Å². The minimum atomic E-state index is -0.621. The van der Waals surface area contributed by atoms with Gasteiger partial charge in [0, 0.05) is 7.05 Å². The lowest BCUT2D eigenvalue weighted by Gasteiger charge is -2.18. The molecule has 7 nitrogen and oxygen atoms in total. The van der Waals surface area contributed by atoms with E-state index in [1.165, 1.54) is 7.11 Å². The lowest BCUT2D eigenvalue weighted by Crippen LogP contribution is -2.46. The molecule has 25 heavy (non-hydrogen) atoms. The first kappa shape index (κ1) is 18.5. The van der Waals surface area contributed by atoms with Crippen LogP contribution in [-0.2, 0) is 4.79 Å². The summed E-state index contributed by atoms with van der Waals surface area (Å²) >= 11 is 0. The summed E-state index contributed by atoms with van der Waals surface area (Å²) in [5.74, 6) is -0.0720. The summed E-state index contributed by atoms with van der Waals surface area (Å²) in [6.45, 7) is 3.99. The van der Waals surface area contributed by atoms with Crippen molar-refractivity contribution < 1.29 is 14.3 Å². The molecule has 0 saturated heterocycles. The quantitative estimate of drug-likeness (QED) is 0.802. The van der Waals surface area contributed by atoms with Gasteiger partial charge >= 0.3 is 0 Å². The number of carbonyl (C=O) groups excluding carboxylic acids is 2. The predicted molar refractivity (Wildman–Crippen MR) is 94.9 cm³/mol. The van der Waals surface area contributed by atoms with Gasteiger partial charge in [0.2, 0.25) is 5.91 Å². The molecule has 1 heterocycles. The summed E-state index contributed by atoms with van der Waals surface area (Å²) in [7, 11) is 3.03. The number of ether oxygens (including phenoxy) is 1. The standard InChI is InChI=1S/C18H24N4O3/c1-12(2)10-14(17(23)19-3)20-18(24)16-15(25-4)11-22(21-16)13-8-6-5-7-9-13/h5-9,11-12,14H,10H2,1-4H3,(H,19,23)(H,20,24)/t14-/m1/s1. The van der Waals surface area contributed by atoms with Crippen molar-refractivity contribution in [3.05, 3.63) is 42.2 Å². The van der Waals surface area contributed by atoms with E-state index in [1.54, 1.807) is 17.9 Å². The molecule has 2 amide bonds. The van der Waals surface area contributed by atoms with Crippen molar-refractivity contribution in [1.82, 2.24) is 20.4 Å². The van der Waals surface area contributed by atoms with Gasteiger partial charge in [0.25, 0.3) is 5.91 Å². The van der Waals surface area contributed by atoms with Crippen molar-refractivity contribution in [3.8, 4) is 11.4 Å². The van der Waals surface area contributed by atoms with Crippen molar-refractivity contribution in [1.29, 1.82) is 0 Å². The van der Waals surface area contributed by atoms with E-state index < -0.39 is 11.9 Å². The van der Waals surface area contributed by atoms with Crippen LogP contribution in [-0.4, -0.2) is 41.8 Å². The van der Waals surface area contributed by atoms with Crippen LogP contribution in [0.1, 0.15) is 30.8 Å². The number of para-hydroxylation sites is 1. The van der Waals surface area contributed by atoms with Gasteiger partial charge in [-0.15, -0.1) is 0 Å². The van der Waals surface area contributed by atoms with Crippen molar-refractivity contribution >= 4 is 11.8 Å². The van der Waals surface area contributed by atoms with E-state index in [0.717, 1.165) is 5.69 Å². The minimum Gasteiger partial charge on any atom is -0.493 e. The van der Waals surface area contributed by atoms with E-state index in [0.29, 0.717) is 12.2 Å². The summed E-state index contributed by atoms with van der Waals surface area (Å²) in [5.41, 5.74) is 0.953. The molecule has 0 spiro atoms. The summed E-state index contributed by atoms with van der Waals surface area (Å²) in [6, 6.07) is 8.79.